The first-order valence-corrected chi connectivity index (χ1v) is 5.18. The van der Waals surface area contributed by atoms with Crippen molar-refractivity contribution >= 4 is 12.4 Å². The molecule has 3 nitrogen and oxygen atoms in total. The highest BCUT2D eigenvalue weighted by molar-refractivity contribution is 5.85. The second-order valence-electron chi connectivity index (χ2n) is 3.97. The molecule has 2 rings (SSSR count). The molecular weight excluding hydrogens is 210 g/mol. The number of pyridine rings is 1. The van der Waals surface area contributed by atoms with E-state index in [1.54, 1.807) is 0 Å². The van der Waals surface area contributed by atoms with E-state index in [9.17, 15) is 0 Å². The van der Waals surface area contributed by atoms with Crippen LogP contribution in [0.25, 0.3) is 0 Å². The summed E-state index contributed by atoms with van der Waals surface area (Å²) in [6.45, 7) is 4.29. The summed E-state index contributed by atoms with van der Waals surface area (Å²) in [6.07, 6.45) is 2.96. The van der Waals surface area contributed by atoms with Gasteiger partial charge in [-0.2, -0.15) is 0 Å². The molecule has 15 heavy (non-hydrogen) atoms. The molecule has 0 aliphatic carbocycles. The number of hydrogen-bond acceptors (Lipinski definition) is 3. The van der Waals surface area contributed by atoms with Crippen LogP contribution >= 0.6 is 12.4 Å². The molecule has 1 aliphatic rings. The number of nitrogens with zero attached hydrogens (tertiary/aromatic N) is 2. The average Bonchev–Trinajstić information content (AvgIpc) is 2.65. The zero-order chi connectivity index (χ0) is 9.97. The number of aromatic nitrogens is 1. The Labute approximate surface area is 97.1 Å². The molecule has 1 aromatic heterocycles. The summed E-state index contributed by atoms with van der Waals surface area (Å²) >= 11 is 0. The van der Waals surface area contributed by atoms with E-state index in [1.807, 2.05) is 18.3 Å². The summed E-state index contributed by atoms with van der Waals surface area (Å²) < 4.78 is 0. The molecule has 1 saturated heterocycles. The van der Waals surface area contributed by atoms with Gasteiger partial charge in [-0.15, -0.1) is 12.4 Å². The second kappa shape index (κ2) is 5.45. The van der Waals surface area contributed by atoms with Crippen molar-refractivity contribution in [3.63, 3.8) is 0 Å². The van der Waals surface area contributed by atoms with Gasteiger partial charge in [-0.3, -0.25) is 9.88 Å². The van der Waals surface area contributed by atoms with E-state index >= 15 is 0 Å². The molecule has 2 heterocycles. The fourth-order valence-corrected chi connectivity index (χ4v) is 1.98. The molecule has 1 unspecified atom stereocenters. The Kier molecular flexibility index (Phi) is 4.51. The van der Waals surface area contributed by atoms with Crippen LogP contribution in [0.4, 0.5) is 0 Å². The number of likely N-dealkylation sites (tertiary alicyclic amines) is 1. The molecule has 1 aliphatic heterocycles. The maximum Gasteiger partial charge on any atom is 0.0572 e. The van der Waals surface area contributed by atoms with Crippen LogP contribution in [0.15, 0.2) is 24.4 Å². The van der Waals surface area contributed by atoms with E-state index in [4.69, 9.17) is 5.73 Å². The van der Waals surface area contributed by atoms with Gasteiger partial charge in [-0.05, 0) is 25.5 Å². The first kappa shape index (κ1) is 12.4. The Morgan fingerprint density at radius 3 is 2.87 bits per heavy atom. The third-order valence-electron chi connectivity index (χ3n) is 2.92. The molecule has 1 fully saturated rings. The first-order chi connectivity index (χ1) is 6.77. The largest absolute Gasteiger partial charge is 0.326 e. The van der Waals surface area contributed by atoms with Crippen LogP contribution < -0.4 is 5.73 Å². The third kappa shape index (κ3) is 2.91. The summed E-state index contributed by atoms with van der Waals surface area (Å²) in [7, 11) is 0. The maximum atomic E-state index is 5.88. The van der Waals surface area contributed by atoms with Crippen LogP contribution in [0.2, 0.25) is 0 Å². The van der Waals surface area contributed by atoms with E-state index in [0.29, 0.717) is 12.1 Å². The highest BCUT2D eigenvalue weighted by atomic mass is 35.5. The average molecular weight is 228 g/mol. The Balaban J connectivity index is 0.00000112. The van der Waals surface area contributed by atoms with Crippen molar-refractivity contribution in [3.8, 4) is 0 Å². The lowest BCUT2D eigenvalue weighted by molar-refractivity contribution is 0.255. The van der Waals surface area contributed by atoms with Gasteiger partial charge in [-0.25, -0.2) is 0 Å². The van der Waals surface area contributed by atoms with Crippen molar-refractivity contribution in [2.75, 3.05) is 13.1 Å². The SMILES string of the molecule is CC(c1ccccn1)N1CC[C@H](N)C1.Cl. The van der Waals surface area contributed by atoms with E-state index in [1.165, 1.54) is 0 Å². The van der Waals surface area contributed by atoms with Gasteiger partial charge in [0.05, 0.1) is 5.69 Å². The maximum absolute atomic E-state index is 5.88. The summed E-state index contributed by atoms with van der Waals surface area (Å²) in [6, 6.07) is 6.81. The van der Waals surface area contributed by atoms with Crippen molar-refractivity contribution in [2.45, 2.75) is 25.4 Å². The summed E-state index contributed by atoms with van der Waals surface area (Å²) in [5.41, 5.74) is 7.02. The minimum atomic E-state index is 0. The van der Waals surface area contributed by atoms with Crippen LogP contribution in [0.1, 0.15) is 25.1 Å². The molecule has 4 heteroatoms. The lowest BCUT2D eigenvalue weighted by Crippen LogP contribution is -2.29. The van der Waals surface area contributed by atoms with Gasteiger partial charge in [0, 0.05) is 31.4 Å². The lowest BCUT2D eigenvalue weighted by Gasteiger charge is -2.23. The van der Waals surface area contributed by atoms with Crippen LogP contribution in [-0.4, -0.2) is 29.0 Å². The zero-order valence-electron chi connectivity index (χ0n) is 8.97. The molecule has 2 atom stereocenters. The first-order valence-electron chi connectivity index (χ1n) is 5.18. The second-order valence-corrected chi connectivity index (χ2v) is 3.97. The van der Waals surface area contributed by atoms with E-state index in [0.717, 1.165) is 25.2 Å². The van der Waals surface area contributed by atoms with Crippen molar-refractivity contribution in [1.29, 1.82) is 0 Å². The minimum Gasteiger partial charge on any atom is -0.326 e. The molecule has 1 aromatic rings. The van der Waals surface area contributed by atoms with Crippen molar-refractivity contribution in [3.05, 3.63) is 30.1 Å². The summed E-state index contributed by atoms with van der Waals surface area (Å²) in [5, 5.41) is 0. The Morgan fingerprint density at radius 2 is 2.33 bits per heavy atom. The predicted molar refractivity (Wildman–Crippen MR) is 64.1 cm³/mol. The van der Waals surface area contributed by atoms with Gasteiger partial charge in [0.25, 0.3) is 0 Å². The Bertz CT molecular complexity index is 291. The Morgan fingerprint density at radius 1 is 1.53 bits per heavy atom. The van der Waals surface area contributed by atoms with Crippen molar-refractivity contribution in [2.24, 2.45) is 5.73 Å². The standard InChI is InChI=1S/C11H17N3.ClH/c1-9(11-4-2-3-6-13-11)14-7-5-10(12)8-14;/h2-4,6,9-10H,5,7-8,12H2,1H3;1H/t9?,10-;/m0./s1. The summed E-state index contributed by atoms with van der Waals surface area (Å²) in [5.74, 6) is 0. The monoisotopic (exact) mass is 227 g/mol. The van der Waals surface area contributed by atoms with Gasteiger partial charge in [0.1, 0.15) is 0 Å². The van der Waals surface area contributed by atoms with Gasteiger partial charge in [-0.1, -0.05) is 6.07 Å². The van der Waals surface area contributed by atoms with E-state index in [2.05, 4.69) is 22.9 Å². The summed E-state index contributed by atoms with van der Waals surface area (Å²) in [4.78, 5) is 6.76. The van der Waals surface area contributed by atoms with E-state index in [-0.39, 0.29) is 12.4 Å². The van der Waals surface area contributed by atoms with Crippen LogP contribution in [0.5, 0.6) is 0 Å². The molecular formula is C11H18ClN3. The molecule has 0 bridgehead atoms. The van der Waals surface area contributed by atoms with Crippen molar-refractivity contribution < 1.29 is 0 Å². The zero-order valence-corrected chi connectivity index (χ0v) is 9.78. The molecule has 0 radical (unpaired) electrons. The van der Waals surface area contributed by atoms with Gasteiger partial charge in [0.15, 0.2) is 0 Å². The van der Waals surface area contributed by atoms with Gasteiger partial charge in [0.2, 0.25) is 0 Å². The predicted octanol–water partition coefficient (Wildman–Crippen LogP) is 1.60. The quantitative estimate of drug-likeness (QED) is 0.835. The molecule has 84 valence electrons. The number of nitrogens with two attached hydrogens (primary N) is 1. The third-order valence-corrected chi connectivity index (χ3v) is 2.92. The smallest absolute Gasteiger partial charge is 0.0572 e. The molecule has 0 saturated carbocycles. The highest BCUT2D eigenvalue weighted by Gasteiger charge is 2.24. The molecule has 0 amide bonds. The molecule has 2 N–H and O–H groups in total. The normalized spacial score (nSPS) is 23.5. The topological polar surface area (TPSA) is 42.2 Å². The number of halogens is 1. The van der Waals surface area contributed by atoms with Crippen LogP contribution in [0.3, 0.4) is 0 Å². The van der Waals surface area contributed by atoms with Gasteiger partial charge < -0.3 is 5.73 Å². The molecule has 0 aromatic carbocycles. The lowest BCUT2D eigenvalue weighted by atomic mass is 10.2. The van der Waals surface area contributed by atoms with Crippen molar-refractivity contribution in [1.82, 2.24) is 9.88 Å². The van der Waals surface area contributed by atoms with Crippen LogP contribution in [-0.2, 0) is 0 Å². The number of hydrogen-bond donors (Lipinski definition) is 1. The van der Waals surface area contributed by atoms with Crippen LogP contribution in [0, 0.1) is 0 Å². The molecule has 0 spiro atoms. The Hall–Kier alpha value is -0.640. The highest BCUT2D eigenvalue weighted by Crippen LogP contribution is 2.21. The number of rotatable bonds is 2. The van der Waals surface area contributed by atoms with Gasteiger partial charge >= 0.3 is 0 Å². The fraction of sp³-hybridized carbons (Fsp3) is 0.545. The fourth-order valence-electron chi connectivity index (χ4n) is 1.98. The van der Waals surface area contributed by atoms with E-state index < -0.39 is 0 Å². The minimum absolute atomic E-state index is 0.